The third-order valence-corrected chi connectivity index (χ3v) is 3.59. The Morgan fingerprint density at radius 1 is 1.31 bits per heavy atom. The van der Waals surface area contributed by atoms with E-state index in [1.165, 1.54) is 19.3 Å². The zero-order chi connectivity index (χ0) is 9.31. The number of Topliss-reactive ketones (excluding diaryl/α,β-unsaturated/α-hetero) is 1. The second kappa shape index (κ2) is 3.28. The summed E-state index contributed by atoms with van der Waals surface area (Å²) in [6.45, 7) is 2.13. The van der Waals surface area contributed by atoms with Crippen molar-refractivity contribution < 1.29 is 4.79 Å². The molecule has 1 fully saturated rings. The van der Waals surface area contributed by atoms with Gasteiger partial charge in [-0.05, 0) is 44.1 Å². The standard InChI is InChI=1S/C12H18O/c1-12(8-5-9-12)11(13)10-6-3-2-4-7-10/h6H,2-5,7-9H2,1H3. The van der Waals surface area contributed by atoms with E-state index in [2.05, 4.69) is 13.0 Å². The first-order chi connectivity index (χ1) is 6.22. The molecule has 0 N–H and O–H groups in total. The molecule has 0 amide bonds. The molecule has 2 aliphatic rings. The van der Waals surface area contributed by atoms with Crippen LogP contribution in [0.15, 0.2) is 11.6 Å². The summed E-state index contributed by atoms with van der Waals surface area (Å²) >= 11 is 0. The van der Waals surface area contributed by atoms with Crippen molar-refractivity contribution in [1.29, 1.82) is 0 Å². The SMILES string of the molecule is CC1(C(=O)C2=CCCCC2)CCC1. The summed E-state index contributed by atoms with van der Waals surface area (Å²) in [6, 6.07) is 0. The highest BCUT2D eigenvalue weighted by Crippen LogP contribution is 2.43. The maximum atomic E-state index is 12.0. The van der Waals surface area contributed by atoms with Crippen LogP contribution in [0, 0.1) is 5.41 Å². The number of hydrogen-bond acceptors (Lipinski definition) is 1. The summed E-state index contributed by atoms with van der Waals surface area (Å²) in [4.78, 5) is 12.0. The molecule has 13 heavy (non-hydrogen) atoms. The molecule has 2 rings (SSSR count). The fraction of sp³-hybridized carbons (Fsp3) is 0.750. The molecule has 0 aromatic heterocycles. The van der Waals surface area contributed by atoms with Crippen LogP contribution in [0.4, 0.5) is 0 Å². The molecule has 2 aliphatic carbocycles. The van der Waals surface area contributed by atoms with Crippen molar-refractivity contribution >= 4 is 5.78 Å². The van der Waals surface area contributed by atoms with E-state index in [9.17, 15) is 4.79 Å². The molecule has 0 spiro atoms. The van der Waals surface area contributed by atoms with E-state index in [4.69, 9.17) is 0 Å². The monoisotopic (exact) mass is 178 g/mol. The second-order valence-corrected chi connectivity index (χ2v) is 4.72. The minimum atomic E-state index is 0.0309. The van der Waals surface area contributed by atoms with E-state index < -0.39 is 0 Å². The van der Waals surface area contributed by atoms with Crippen molar-refractivity contribution in [3.63, 3.8) is 0 Å². The lowest BCUT2D eigenvalue weighted by Gasteiger charge is -2.37. The highest BCUT2D eigenvalue weighted by atomic mass is 16.1. The van der Waals surface area contributed by atoms with Gasteiger partial charge in [0, 0.05) is 5.41 Å². The van der Waals surface area contributed by atoms with Crippen LogP contribution in [0.5, 0.6) is 0 Å². The van der Waals surface area contributed by atoms with Crippen molar-refractivity contribution in [2.24, 2.45) is 5.41 Å². The van der Waals surface area contributed by atoms with Crippen molar-refractivity contribution in [3.05, 3.63) is 11.6 Å². The van der Waals surface area contributed by atoms with Crippen LogP contribution in [-0.2, 0) is 4.79 Å². The zero-order valence-electron chi connectivity index (χ0n) is 8.44. The van der Waals surface area contributed by atoms with Crippen LogP contribution in [0.25, 0.3) is 0 Å². The van der Waals surface area contributed by atoms with Gasteiger partial charge in [0.25, 0.3) is 0 Å². The third kappa shape index (κ3) is 1.56. The van der Waals surface area contributed by atoms with E-state index in [0.717, 1.165) is 31.3 Å². The fourth-order valence-corrected chi connectivity index (χ4v) is 2.37. The Labute approximate surface area is 80.2 Å². The Hall–Kier alpha value is -0.590. The van der Waals surface area contributed by atoms with E-state index in [1.807, 2.05) is 0 Å². The highest BCUT2D eigenvalue weighted by Gasteiger charge is 2.40. The Morgan fingerprint density at radius 3 is 2.54 bits per heavy atom. The van der Waals surface area contributed by atoms with Crippen LogP contribution in [0.3, 0.4) is 0 Å². The van der Waals surface area contributed by atoms with Gasteiger partial charge in [-0.25, -0.2) is 0 Å². The maximum absolute atomic E-state index is 12.0. The second-order valence-electron chi connectivity index (χ2n) is 4.72. The molecule has 0 radical (unpaired) electrons. The molecule has 0 bridgehead atoms. The number of ketones is 1. The van der Waals surface area contributed by atoms with Crippen molar-refractivity contribution in [2.75, 3.05) is 0 Å². The molecule has 0 atom stereocenters. The number of hydrogen-bond donors (Lipinski definition) is 0. The number of allylic oxidation sites excluding steroid dienone is 2. The topological polar surface area (TPSA) is 17.1 Å². The average molecular weight is 178 g/mol. The minimum Gasteiger partial charge on any atom is -0.294 e. The molecule has 0 aromatic carbocycles. The van der Waals surface area contributed by atoms with Gasteiger partial charge < -0.3 is 0 Å². The Kier molecular flexibility index (Phi) is 2.27. The predicted octanol–water partition coefficient (Wildman–Crippen LogP) is 3.25. The minimum absolute atomic E-state index is 0.0309. The first-order valence-electron chi connectivity index (χ1n) is 5.46. The smallest absolute Gasteiger partial charge is 0.164 e. The van der Waals surface area contributed by atoms with Gasteiger partial charge in [-0.3, -0.25) is 4.79 Å². The largest absolute Gasteiger partial charge is 0.294 e. The Balaban J connectivity index is 2.07. The van der Waals surface area contributed by atoms with E-state index in [0.29, 0.717) is 5.78 Å². The van der Waals surface area contributed by atoms with Crippen molar-refractivity contribution in [1.82, 2.24) is 0 Å². The zero-order valence-corrected chi connectivity index (χ0v) is 8.44. The first kappa shape index (κ1) is 8.98. The molecular weight excluding hydrogens is 160 g/mol. The van der Waals surface area contributed by atoms with Gasteiger partial charge in [0.15, 0.2) is 5.78 Å². The highest BCUT2D eigenvalue weighted by molar-refractivity contribution is 6.00. The van der Waals surface area contributed by atoms with E-state index >= 15 is 0 Å². The molecule has 0 saturated heterocycles. The van der Waals surface area contributed by atoms with Crippen molar-refractivity contribution in [2.45, 2.75) is 51.9 Å². The van der Waals surface area contributed by atoms with Crippen LogP contribution in [0.1, 0.15) is 51.9 Å². The van der Waals surface area contributed by atoms with Crippen LogP contribution in [-0.4, -0.2) is 5.78 Å². The van der Waals surface area contributed by atoms with Gasteiger partial charge in [0.05, 0.1) is 0 Å². The molecule has 0 unspecified atom stereocenters. The summed E-state index contributed by atoms with van der Waals surface area (Å²) in [6.07, 6.45) is 10.3. The van der Waals surface area contributed by atoms with Gasteiger partial charge in [-0.15, -0.1) is 0 Å². The lowest BCUT2D eigenvalue weighted by molar-refractivity contribution is -0.128. The Morgan fingerprint density at radius 2 is 2.08 bits per heavy atom. The summed E-state index contributed by atoms with van der Waals surface area (Å²) in [5.74, 6) is 0.457. The van der Waals surface area contributed by atoms with E-state index in [-0.39, 0.29) is 5.41 Å². The molecule has 0 heterocycles. The van der Waals surface area contributed by atoms with E-state index in [1.54, 1.807) is 0 Å². The molecule has 1 saturated carbocycles. The van der Waals surface area contributed by atoms with Gasteiger partial charge >= 0.3 is 0 Å². The molecule has 0 aromatic rings. The summed E-state index contributed by atoms with van der Waals surface area (Å²) in [5, 5.41) is 0. The molecule has 1 heteroatoms. The number of carbonyl (C=O) groups excluding carboxylic acids is 1. The third-order valence-electron chi connectivity index (χ3n) is 3.59. The molecule has 0 aliphatic heterocycles. The number of rotatable bonds is 2. The average Bonchev–Trinajstić information content (AvgIpc) is 2.14. The predicted molar refractivity (Wildman–Crippen MR) is 53.5 cm³/mol. The first-order valence-corrected chi connectivity index (χ1v) is 5.46. The van der Waals surface area contributed by atoms with Gasteiger partial charge in [0.2, 0.25) is 0 Å². The summed E-state index contributed by atoms with van der Waals surface area (Å²) in [5.41, 5.74) is 1.16. The number of carbonyl (C=O) groups is 1. The van der Waals surface area contributed by atoms with Gasteiger partial charge in [-0.2, -0.15) is 0 Å². The maximum Gasteiger partial charge on any atom is 0.164 e. The van der Waals surface area contributed by atoms with Crippen LogP contribution >= 0.6 is 0 Å². The molecule has 72 valence electrons. The lowest BCUT2D eigenvalue weighted by Crippen LogP contribution is -2.36. The molecular formula is C12H18O. The Bertz CT molecular complexity index is 246. The fourth-order valence-electron chi connectivity index (χ4n) is 2.37. The normalized spacial score (nSPS) is 26.1. The van der Waals surface area contributed by atoms with Gasteiger partial charge in [-0.1, -0.05) is 19.4 Å². The van der Waals surface area contributed by atoms with Crippen LogP contribution < -0.4 is 0 Å². The quantitative estimate of drug-likeness (QED) is 0.634. The molecule has 1 nitrogen and oxygen atoms in total. The van der Waals surface area contributed by atoms with Gasteiger partial charge in [0.1, 0.15) is 0 Å². The van der Waals surface area contributed by atoms with Crippen LogP contribution in [0.2, 0.25) is 0 Å². The lowest BCUT2D eigenvalue weighted by atomic mass is 9.65. The summed E-state index contributed by atoms with van der Waals surface area (Å²) in [7, 11) is 0. The summed E-state index contributed by atoms with van der Waals surface area (Å²) < 4.78 is 0. The van der Waals surface area contributed by atoms with Crippen molar-refractivity contribution in [3.8, 4) is 0 Å².